The normalized spacial score (nSPS) is 12.2. The first-order valence-corrected chi connectivity index (χ1v) is 5.98. The minimum absolute atomic E-state index is 0.0450. The highest BCUT2D eigenvalue weighted by Crippen LogP contribution is 2.31. The zero-order valence-electron chi connectivity index (χ0n) is 10.0. The molecule has 5 nitrogen and oxygen atoms in total. The van der Waals surface area contributed by atoms with Gasteiger partial charge in [-0.1, -0.05) is 11.6 Å². The molecule has 2 aromatic heterocycles. The molecule has 0 saturated heterocycles. The van der Waals surface area contributed by atoms with E-state index in [1.807, 2.05) is 0 Å². The maximum Gasteiger partial charge on any atom is 0.433 e. The van der Waals surface area contributed by atoms with Gasteiger partial charge in [-0.25, -0.2) is 0 Å². The zero-order valence-corrected chi connectivity index (χ0v) is 10.8. The van der Waals surface area contributed by atoms with E-state index in [0.717, 1.165) is 0 Å². The predicted octanol–water partition coefficient (Wildman–Crippen LogP) is 2.44. The lowest BCUT2D eigenvalue weighted by molar-refractivity contribution is -0.139. The molecule has 1 aromatic carbocycles. The van der Waals surface area contributed by atoms with Crippen LogP contribution in [-0.4, -0.2) is 15.2 Å². The Kier molecular flexibility index (Phi) is 2.80. The summed E-state index contributed by atoms with van der Waals surface area (Å²) in [5, 5.41) is 4.37. The van der Waals surface area contributed by atoms with Crippen LogP contribution < -0.4 is 11.0 Å². The number of halogens is 4. The molecule has 0 atom stereocenters. The molecule has 2 N–H and O–H groups in total. The van der Waals surface area contributed by atoms with Crippen molar-refractivity contribution in [2.24, 2.45) is 0 Å². The first-order chi connectivity index (χ1) is 9.79. The molecule has 0 saturated carbocycles. The van der Waals surface area contributed by atoms with E-state index in [1.165, 1.54) is 18.2 Å². The second-order valence-electron chi connectivity index (χ2n) is 4.29. The van der Waals surface area contributed by atoms with Crippen molar-refractivity contribution in [3.63, 3.8) is 0 Å². The highest BCUT2D eigenvalue weighted by Gasteiger charge is 2.36. The largest absolute Gasteiger partial charge is 0.433 e. The van der Waals surface area contributed by atoms with Crippen molar-refractivity contribution >= 4 is 33.4 Å². The van der Waals surface area contributed by atoms with Crippen LogP contribution in [0.4, 0.5) is 13.2 Å². The number of benzene rings is 1. The van der Waals surface area contributed by atoms with Crippen LogP contribution >= 0.6 is 11.6 Å². The summed E-state index contributed by atoms with van der Waals surface area (Å²) in [7, 11) is 0. The first kappa shape index (κ1) is 13.6. The van der Waals surface area contributed by atoms with Gasteiger partial charge in [0.25, 0.3) is 5.56 Å². The van der Waals surface area contributed by atoms with Gasteiger partial charge in [0, 0.05) is 10.4 Å². The Morgan fingerprint density at radius 3 is 2.57 bits per heavy atom. The molecule has 0 aliphatic rings. The van der Waals surface area contributed by atoms with Crippen molar-refractivity contribution in [3.05, 3.63) is 49.5 Å². The monoisotopic (exact) mass is 315 g/mol. The van der Waals surface area contributed by atoms with Gasteiger partial charge >= 0.3 is 6.18 Å². The fourth-order valence-corrected chi connectivity index (χ4v) is 2.24. The average Bonchev–Trinajstić information content (AvgIpc) is 2.79. The molecule has 21 heavy (non-hydrogen) atoms. The zero-order chi connectivity index (χ0) is 15.4. The first-order valence-electron chi connectivity index (χ1n) is 5.60. The molecular formula is C12H5ClF3N3O2. The Labute approximate surface area is 118 Å². The van der Waals surface area contributed by atoms with Crippen molar-refractivity contribution in [2.45, 2.75) is 6.18 Å². The number of nitrogens with one attached hydrogen (secondary N) is 2. The van der Waals surface area contributed by atoms with Crippen LogP contribution in [0.1, 0.15) is 5.69 Å². The quantitative estimate of drug-likeness (QED) is 0.669. The van der Waals surface area contributed by atoms with Gasteiger partial charge in [-0.2, -0.15) is 18.3 Å². The second kappa shape index (κ2) is 4.32. The van der Waals surface area contributed by atoms with E-state index >= 15 is 0 Å². The summed E-state index contributed by atoms with van der Waals surface area (Å²) >= 11 is 5.75. The van der Waals surface area contributed by atoms with E-state index in [0.29, 0.717) is 0 Å². The van der Waals surface area contributed by atoms with Crippen LogP contribution in [0.5, 0.6) is 0 Å². The van der Waals surface area contributed by atoms with Gasteiger partial charge in [0.15, 0.2) is 16.6 Å². The van der Waals surface area contributed by atoms with Crippen LogP contribution in [0.25, 0.3) is 21.8 Å². The van der Waals surface area contributed by atoms with Crippen LogP contribution in [-0.2, 0) is 6.18 Å². The lowest BCUT2D eigenvalue weighted by Crippen LogP contribution is -2.10. The van der Waals surface area contributed by atoms with Crippen molar-refractivity contribution in [1.29, 1.82) is 0 Å². The highest BCUT2D eigenvalue weighted by molar-refractivity contribution is 6.31. The Hall–Kier alpha value is -2.35. The standard InChI is InChI=1S/C12H5ClF3N3O2/c13-4-1-2-5-6(3-4)17-11(21)8-7(9(5)20)10(19-18-8)12(14,15)16/h1-3H,(H,17,21)(H,18,19). The maximum atomic E-state index is 12.9. The number of aromatic amines is 2. The summed E-state index contributed by atoms with van der Waals surface area (Å²) in [5.74, 6) is 0. The molecule has 3 aromatic rings. The number of alkyl halides is 3. The third-order valence-electron chi connectivity index (χ3n) is 2.97. The van der Waals surface area contributed by atoms with Crippen LogP contribution in [0, 0.1) is 0 Å². The summed E-state index contributed by atoms with van der Waals surface area (Å²) in [5.41, 5.74) is -3.76. The van der Waals surface area contributed by atoms with Gasteiger partial charge < -0.3 is 4.98 Å². The number of rotatable bonds is 0. The Balaban J connectivity index is 2.65. The Bertz CT molecular complexity index is 991. The molecule has 0 unspecified atom stereocenters. The molecule has 0 aliphatic heterocycles. The minimum atomic E-state index is -4.83. The SMILES string of the molecule is O=c1[nH]c2cc(Cl)ccc2c(=O)c2c(C(F)(F)F)[nH]nc12. The molecule has 0 bridgehead atoms. The highest BCUT2D eigenvalue weighted by atomic mass is 35.5. The van der Waals surface area contributed by atoms with Crippen LogP contribution in [0.3, 0.4) is 0 Å². The van der Waals surface area contributed by atoms with E-state index in [9.17, 15) is 22.8 Å². The Morgan fingerprint density at radius 2 is 1.90 bits per heavy atom. The molecule has 2 heterocycles. The van der Waals surface area contributed by atoms with Crippen molar-refractivity contribution < 1.29 is 13.2 Å². The number of hydrogen-bond acceptors (Lipinski definition) is 3. The van der Waals surface area contributed by atoms with Crippen LogP contribution in [0.15, 0.2) is 27.8 Å². The number of hydrogen-bond donors (Lipinski definition) is 2. The summed E-state index contributed by atoms with van der Waals surface area (Å²) in [6, 6.07) is 3.89. The molecule has 3 rings (SSSR count). The van der Waals surface area contributed by atoms with Gasteiger partial charge in [-0.15, -0.1) is 0 Å². The van der Waals surface area contributed by atoms with E-state index < -0.39 is 33.8 Å². The summed E-state index contributed by atoms with van der Waals surface area (Å²) in [4.78, 5) is 26.5. The number of aromatic nitrogens is 3. The van der Waals surface area contributed by atoms with E-state index in [-0.39, 0.29) is 15.9 Å². The van der Waals surface area contributed by atoms with Crippen molar-refractivity contribution in [1.82, 2.24) is 15.2 Å². The molecule has 0 amide bonds. The third kappa shape index (κ3) is 2.07. The van der Waals surface area contributed by atoms with Gasteiger partial charge in [-0.05, 0) is 18.2 Å². The summed E-state index contributed by atoms with van der Waals surface area (Å²) in [6.45, 7) is 0. The molecular weight excluding hydrogens is 311 g/mol. The lowest BCUT2D eigenvalue weighted by Gasteiger charge is -2.01. The maximum absolute atomic E-state index is 12.9. The minimum Gasteiger partial charge on any atom is -0.320 e. The molecule has 0 radical (unpaired) electrons. The van der Waals surface area contributed by atoms with Gasteiger partial charge in [0.1, 0.15) is 0 Å². The number of nitrogens with zero attached hydrogens (tertiary/aromatic N) is 1. The third-order valence-corrected chi connectivity index (χ3v) is 3.20. The van der Waals surface area contributed by atoms with Gasteiger partial charge in [0.05, 0.1) is 10.9 Å². The van der Waals surface area contributed by atoms with E-state index in [4.69, 9.17) is 11.6 Å². The van der Waals surface area contributed by atoms with Gasteiger partial charge in [0.2, 0.25) is 0 Å². The fourth-order valence-electron chi connectivity index (χ4n) is 2.07. The topological polar surface area (TPSA) is 78.6 Å². The predicted molar refractivity (Wildman–Crippen MR) is 70.5 cm³/mol. The van der Waals surface area contributed by atoms with Gasteiger partial charge in [-0.3, -0.25) is 14.7 Å². The molecule has 108 valence electrons. The number of H-pyrrole nitrogens is 2. The van der Waals surface area contributed by atoms with E-state index in [2.05, 4.69) is 10.1 Å². The van der Waals surface area contributed by atoms with Crippen LogP contribution in [0.2, 0.25) is 5.02 Å². The molecule has 0 aliphatic carbocycles. The molecule has 0 fully saturated rings. The second-order valence-corrected chi connectivity index (χ2v) is 4.73. The van der Waals surface area contributed by atoms with E-state index in [1.54, 1.807) is 5.10 Å². The summed E-state index contributed by atoms with van der Waals surface area (Å²) < 4.78 is 38.7. The lowest BCUT2D eigenvalue weighted by atomic mass is 10.2. The number of fused-ring (bicyclic) bond motifs is 2. The molecule has 9 heteroatoms. The molecule has 0 spiro atoms. The fraction of sp³-hybridized carbons (Fsp3) is 0.0833. The van der Waals surface area contributed by atoms with Crippen molar-refractivity contribution in [3.8, 4) is 0 Å². The smallest absolute Gasteiger partial charge is 0.320 e. The average molecular weight is 316 g/mol. The summed E-state index contributed by atoms with van der Waals surface area (Å²) in [6.07, 6.45) is -4.83. The van der Waals surface area contributed by atoms with Crippen molar-refractivity contribution in [2.75, 3.05) is 0 Å². The Morgan fingerprint density at radius 1 is 1.19 bits per heavy atom.